The fourth-order valence-electron chi connectivity index (χ4n) is 1.39. The summed E-state index contributed by atoms with van der Waals surface area (Å²) in [5, 5.41) is 9.01. The minimum absolute atomic E-state index is 0.00881. The number of carbonyl (C=O) groups is 1. The molecule has 0 heterocycles. The zero-order valence-electron chi connectivity index (χ0n) is 11.6. The van der Waals surface area contributed by atoms with Crippen LogP contribution in [0, 0.1) is 0 Å². The smallest absolute Gasteiger partial charge is 0.212 e. The van der Waals surface area contributed by atoms with Gasteiger partial charge in [0.05, 0.1) is 18.5 Å². The number of thioether (sulfide) groups is 1. The maximum Gasteiger partial charge on any atom is 0.212 e. The number of hydrogen-bond acceptors (Lipinski definition) is 4. The molecule has 0 spiro atoms. The lowest BCUT2D eigenvalue weighted by Gasteiger charge is -2.12. The molecule has 0 aliphatic carbocycles. The molecule has 4 heteroatoms. The van der Waals surface area contributed by atoms with Crippen LogP contribution < -0.4 is 0 Å². The minimum Gasteiger partial charge on any atom is -0.395 e. The summed E-state index contributed by atoms with van der Waals surface area (Å²) < 4.78 is 5.48. The second-order valence-corrected chi connectivity index (χ2v) is 5.49. The first-order valence-electron chi connectivity index (χ1n) is 6.80. The molecule has 3 nitrogen and oxygen atoms in total. The Balaban J connectivity index is 3.63. The van der Waals surface area contributed by atoms with E-state index in [1.165, 1.54) is 19.3 Å². The predicted molar refractivity (Wildman–Crippen MR) is 77.9 cm³/mol. The number of aliphatic hydroxyl groups excluding tert-OH is 1. The molecular weight excluding hydrogens is 248 g/mol. The molecule has 106 valence electrons. The molecule has 0 radical (unpaired) electrons. The van der Waals surface area contributed by atoms with Crippen molar-refractivity contribution in [1.82, 2.24) is 0 Å². The molecule has 0 bridgehead atoms. The monoisotopic (exact) mass is 274 g/mol. The van der Waals surface area contributed by atoms with Gasteiger partial charge in [0, 0.05) is 6.61 Å². The highest BCUT2D eigenvalue weighted by molar-refractivity contribution is 8.14. The maximum atomic E-state index is 11.5. The van der Waals surface area contributed by atoms with Gasteiger partial charge in [-0.05, 0) is 18.9 Å². The average Bonchev–Trinajstić information content (AvgIpc) is 2.38. The van der Waals surface area contributed by atoms with E-state index in [2.05, 4.69) is 6.92 Å². The molecule has 0 aliphatic heterocycles. The molecule has 1 N–H and O–H groups in total. The molecule has 0 aliphatic rings. The van der Waals surface area contributed by atoms with Crippen LogP contribution in [0.2, 0.25) is 0 Å². The van der Waals surface area contributed by atoms with Gasteiger partial charge in [0.1, 0.15) is 0 Å². The zero-order chi connectivity index (χ0) is 13.6. The SMILES string of the molecule is CC/C=C/C(=O)S[C@@H](CO)COCCCCCC. The lowest BCUT2D eigenvalue weighted by molar-refractivity contribution is -0.107. The Morgan fingerprint density at radius 3 is 2.72 bits per heavy atom. The van der Waals surface area contributed by atoms with E-state index in [9.17, 15) is 4.79 Å². The molecule has 0 aromatic carbocycles. The van der Waals surface area contributed by atoms with E-state index in [0.29, 0.717) is 6.61 Å². The van der Waals surface area contributed by atoms with E-state index in [1.54, 1.807) is 6.08 Å². The van der Waals surface area contributed by atoms with Gasteiger partial charge in [-0.15, -0.1) is 0 Å². The number of aliphatic hydroxyl groups is 1. The van der Waals surface area contributed by atoms with Gasteiger partial charge in [-0.3, -0.25) is 4.79 Å². The van der Waals surface area contributed by atoms with Crippen LogP contribution in [0.25, 0.3) is 0 Å². The highest BCUT2D eigenvalue weighted by Gasteiger charge is 2.12. The number of unbranched alkanes of at least 4 members (excludes halogenated alkanes) is 3. The van der Waals surface area contributed by atoms with Crippen molar-refractivity contribution in [2.45, 2.75) is 51.2 Å². The predicted octanol–water partition coefficient (Wildman–Crippen LogP) is 3.17. The second-order valence-electron chi connectivity index (χ2n) is 4.19. The average molecular weight is 274 g/mol. The lowest BCUT2D eigenvalue weighted by Crippen LogP contribution is -2.18. The summed E-state index contributed by atoms with van der Waals surface area (Å²) in [7, 11) is 0. The summed E-state index contributed by atoms with van der Waals surface area (Å²) in [4.78, 5) is 11.5. The number of allylic oxidation sites excluding steroid dienone is 1. The molecule has 0 rings (SSSR count). The Morgan fingerprint density at radius 1 is 1.33 bits per heavy atom. The zero-order valence-corrected chi connectivity index (χ0v) is 12.4. The number of hydrogen-bond donors (Lipinski definition) is 1. The van der Waals surface area contributed by atoms with Crippen LogP contribution in [-0.2, 0) is 9.53 Å². The third-order valence-corrected chi connectivity index (χ3v) is 3.41. The molecule has 18 heavy (non-hydrogen) atoms. The van der Waals surface area contributed by atoms with Gasteiger partial charge in [0.15, 0.2) is 0 Å². The first kappa shape index (κ1) is 17.7. The van der Waals surface area contributed by atoms with Crippen LogP contribution in [0.4, 0.5) is 0 Å². The summed E-state index contributed by atoms with van der Waals surface area (Å²) >= 11 is 1.15. The van der Waals surface area contributed by atoms with Gasteiger partial charge < -0.3 is 9.84 Å². The lowest BCUT2D eigenvalue weighted by atomic mass is 10.2. The van der Waals surface area contributed by atoms with E-state index < -0.39 is 0 Å². The molecule has 0 aromatic rings. The summed E-state index contributed by atoms with van der Waals surface area (Å²) in [5.41, 5.74) is 0. The van der Waals surface area contributed by atoms with E-state index in [1.807, 2.05) is 13.0 Å². The van der Waals surface area contributed by atoms with E-state index in [4.69, 9.17) is 9.84 Å². The van der Waals surface area contributed by atoms with Crippen molar-refractivity contribution < 1.29 is 14.6 Å². The number of carbonyl (C=O) groups excluding carboxylic acids is 1. The van der Waals surface area contributed by atoms with Crippen molar-refractivity contribution in [1.29, 1.82) is 0 Å². The van der Waals surface area contributed by atoms with Gasteiger partial charge in [-0.2, -0.15) is 0 Å². The molecule has 0 saturated heterocycles. The molecule has 0 saturated carbocycles. The molecular formula is C14H26O3S. The van der Waals surface area contributed by atoms with Crippen LogP contribution in [0.1, 0.15) is 46.0 Å². The van der Waals surface area contributed by atoms with E-state index >= 15 is 0 Å². The Bertz CT molecular complexity index is 229. The van der Waals surface area contributed by atoms with Crippen molar-refractivity contribution in [2.75, 3.05) is 19.8 Å². The topological polar surface area (TPSA) is 46.5 Å². The molecule has 0 unspecified atom stereocenters. The van der Waals surface area contributed by atoms with Crippen LogP contribution in [0.5, 0.6) is 0 Å². The normalized spacial score (nSPS) is 13.1. The molecule has 0 amide bonds. The van der Waals surface area contributed by atoms with Crippen LogP contribution >= 0.6 is 11.8 Å². The van der Waals surface area contributed by atoms with Crippen molar-refractivity contribution >= 4 is 16.9 Å². The van der Waals surface area contributed by atoms with E-state index in [0.717, 1.165) is 31.2 Å². The highest BCUT2D eigenvalue weighted by Crippen LogP contribution is 2.13. The largest absolute Gasteiger partial charge is 0.395 e. The van der Waals surface area contributed by atoms with Gasteiger partial charge in [-0.1, -0.05) is 50.9 Å². The van der Waals surface area contributed by atoms with Crippen LogP contribution in [0.15, 0.2) is 12.2 Å². The quantitative estimate of drug-likeness (QED) is 0.464. The third-order valence-electron chi connectivity index (χ3n) is 2.42. The fourth-order valence-corrected chi connectivity index (χ4v) is 2.13. The summed E-state index contributed by atoms with van der Waals surface area (Å²) in [6.45, 7) is 5.30. The van der Waals surface area contributed by atoms with Gasteiger partial charge >= 0.3 is 0 Å². The Hall–Kier alpha value is -0.320. The summed E-state index contributed by atoms with van der Waals surface area (Å²) in [5.74, 6) is 0. The van der Waals surface area contributed by atoms with Gasteiger partial charge in [-0.25, -0.2) is 0 Å². The molecule has 0 aromatic heterocycles. The summed E-state index contributed by atoms with van der Waals surface area (Å²) in [6.07, 6.45) is 8.94. The van der Waals surface area contributed by atoms with Gasteiger partial charge in [0.2, 0.25) is 5.12 Å². The fraction of sp³-hybridized carbons (Fsp3) is 0.786. The van der Waals surface area contributed by atoms with Crippen LogP contribution in [0.3, 0.4) is 0 Å². The van der Waals surface area contributed by atoms with Gasteiger partial charge in [0.25, 0.3) is 0 Å². The van der Waals surface area contributed by atoms with Crippen molar-refractivity contribution in [3.63, 3.8) is 0 Å². The highest BCUT2D eigenvalue weighted by atomic mass is 32.2. The first-order valence-corrected chi connectivity index (χ1v) is 7.68. The Labute approximate surface area is 115 Å². The standard InChI is InChI=1S/C14H26O3S/c1-3-5-7-8-10-17-12-13(11-15)18-14(16)9-6-4-2/h6,9,13,15H,3-5,7-8,10-12H2,1-2H3/b9-6+/t13-/m0/s1. The summed E-state index contributed by atoms with van der Waals surface area (Å²) in [6, 6.07) is 0. The van der Waals surface area contributed by atoms with Crippen molar-refractivity contribution in [3.05, 3.63) is 12.2 Å². The maximum absolute atomic E-state index is 11.5. The van der Waals surface area contributed by atoms with Crippen molar-refractivity contribution in [3.8, 4) is 0 Å². The Morgan fingerprint density at radius 2 is 2.11 bits per heavy atom. The van der Waals surface area contributed by atoms with Crippen LogP contribution in [-0.4, -0.2) is 35.3 Å². The molecule has 0 fully saturated rings. The molecule has 1 atom stereocenters. The third kappa shape index (κ3) is 10.8. The first-order chi connectivity index (χ1) is 8.74. The number of rotatable bonds is 11. The Kier molecular flexibility index (Phi) is 12.9. The minimum atomic E-state index is -0.148. The van der Waals surface area contributed by atoms with Crippen molar-refractivity contribution in [2.24, 2.45) is 0 Å². The van der Waals surface area contributed by atoms with E-state index in [-0.39, 0.29) is 17.0 Å². The second kappa shape index (κ2) is 13.1. The number of ether oxygens (including phenoxy) is 1.